The minimum atomic E-state index is -0.128. The Kier molecular flexibility index (Phi) is 4.62. The molecule has 1 atom stereocenters. The molecule has 2 nitrogen and oxygen atoms in total. The average Bonchev–Trinajstić information content (AvgIpc) is 2.29. The summed E-state index contributed by atoms with van der Waals surface area (Å²) in [7, 11) is 0. The van der Waals surface area contributed by atoms with Crippen LogP contribution in [-0.2, 0) is 9.53 Å². The zero-order chi connectivity index (χ0) is 13.8. The van der Waals surface area contributed by atoms with Crippen molar-refractivity contribution in [2.45, 2.75) is 51.9 Å². The molecule has 0 saturated heterocycles. The van der Waals surface area contributed by atoms with Gasteiger partial charge in [-0.1, -0.05) is 44.5 Å². The van der Waals surface area contributed by atoms with Gasteiger partial charge in [-0.2, -0.15) is 0 Å². The molecule has 0 spiro atoms. The van der Waals surface area contributed by atoms with Crippen LogP contribution in [0.3, 0.4) is 0 Å². The third-order valence-corrected chi connectivity index (χ3v) is 4.08. The highest BCUT2D eigenvalue weighted by Gasteiger charge is 2.31. The third kappa shape index (κ3) is 2.99. The van der Waals surface area contributed by atoms with Crippen molar-refractivity contribution < 1.29 is 9.53 Å². The molecule has 19 heavy (non-hydrogen) atoms. The summed E-state index contributed by atoms with van der Waals surface area (Å²) in [5.74, 6) is 0.702. The Morgan fingerprint density at radius 1 is 1.32 bits per heavy atom. The summed E-state index contributed by atoms with van der Waals surface area (Å²) < 4.78 is 5.27. The summed E-state index contributed by atoms with van der Waals surface area (Å²) in [5.41, 5.74) is 2.54. The second kappa shape index (κ2) is 6.23. The zero-order valence-corrected chi connectivity index (χ0v) is 12.2. The fraction of sp³-hybridized carbons (Fsp3) is 0.588. The maximum atomic E-state index is 12.2. The maximum Gasteiger partial charge on any atom is 0.313 e. The Labute approximate surface area is 116 Å². The van der Waals surface area contributed by atoms with Gasteiger partial charge in [0.2, 0.25) is 0 Å². The molecule has 1 aromatic rings. The summed E-state index contributed by atoms with van der Waals surface area (Å²) in [5, 5.41) is 0. The van der Waals surface area contributed by atoms with E-state index in [2.05, 4.69) is 32.0 Å². The molecule has 2 rings (SSSR count). The van der Waals surface area contributed by atoms with Crippen LogP contribution in [0.15, 0.2) is 24.3 Å². The third-order valence-electron chi connectivity index (χ3n) is 4.08. The fourth-order valence-electron chi connectivity index (χ4n) is 2.88. The Balaban J connectivity index is 2.33. The predicted octanol–water partition coefficient (Wildman–Crippen LogP) is 4.26. The van der Waals surface area contributed by atoms with Gasteiger partial charge >= 0.3 is 5.97 Å². The molecule has 0 aromatic heterocycles. The molecular formula is C17H24O2. The van der Waals surface area contributed by atoms with Crippen LogP contribution < -0.4 is 0 Å². The van der Waals surface area contributed by atoms with Crippen LogP contribution >= 0.6 is 0 Å². The van der Waals surface area contributed by atoms with E-state index in [1.54, 1.807) is 0 Å². The number of benzene rings is 1. The number of carbonyl (C=O) groups is 1. The fourth-order valence-corrected chi connectivity index (χ4v) is 2.88. The van der Waals surface area contributed by atoms with Gasteiger partial charge in [0, 0.05) is 0 Å². The molecule has 0 aliphatic heterocycles. The quantitative estimate of drug-likeness (QED) is 0.739. The monoisotopic (exact) mass is 260 g/mol. The largest absolute Gasteiger partial charge is 0.466 e. The van der Waals surface area contributed by atoms with Gasteiger partial charge in [-0.25, -0.2) is 0 Å². The molecule has 2 heteroatoms. The number of hydrogen-bond donors (Lipinski definition) is 0. The molecule has 0 bridgehead atoms. The van der Waals surface area contributed by atoms with Gasteiger partial charge in [0.1, 0.15) is 0 Å². The molecule has 1 fully saturated rings. The Bertz CT molecular complexity index is 433. The van der Waals surface area contributed by atoms with Gasteiger partial charge in [0.25, 0.3) is 0 Å². The summed E-state index contributed by atoms with van der Waals surface area (Å²) in [6.07, 6.45) is 3.82. The lowest BCUT2D eigenvalue weighted by atomic mass is 9.74. The normalized spacial score (nSPS) is 17.1. The van der Waals surface area contributed by atoms with E-state index in [1.165, 1.54) is 30.4 Å². The van der Waals surface area contributed by atoms with Gasteiger partial charge in [0.05, 0.1) is 12.5 Å². The van der Waals surface area contributed by atoms with Crippen molar-refractivity contribution in [2.75, 3.05) is 6.61 Å². The lowest BCUT2D eigenvalue weighted by Gasteiger charge is -2.31. The SMILES string of the molecule is CCOC(=O)C(c1ccccc1C1CCC1)C(C)C. The van der Waals surface area contributed by atoms with E-state index >= 15 is 0 Å². The van der Waals surface area contributed by atoms with Gasteiger partial charge in [-0.05, 0) is 42.7 Å². The molecular weight excluding hydrogens is 236 g/mol. The van der Waals surface area contributed by atoms with Crippen LogP contribution in [-0.4, -0.2) is 12.6 Å². The summed E-state index contributed by atoms with van der Waals surface area (Å²) in [6, 6.07) is 8.41. The highest BCUT2D eigenvalue weighted by Crippen LogP contribution is 2.41. The number of hydrogen-bond acceptors (Lipinski definition) is 2. The van der Waals surface area contributed by atoms with E-state index in [0.717, 1.165) is 0 Å². The lowest BCUT2D eigenvalue weighted by molar-refractivity contribution is -0.146. The average molecular weight is 260 g/mol. The molecule has 0 amide bonds. The van der Waals surface area contributed by atoms with E-state index in [0.29, 0.717) is 12.5 Å². The van der Waals surface area contributed by atoms with Crippen LogP contribution in [0, 0.1) is 5.92 Å². The maximum absolute atomic E-state index is 12.2. The Morgan fingerprint density at radius 2 is 2.00 bits per heavy atom. The minimum absolute atomic E-state index is 0.0794. The topological polar surface area (TPSA) is 26.3 Å². The highest BCUT2D eigenvalue weighted by atomic mass is 16.5. The second-order valence-electron chi connectivity index (χ2n) is 5.73. The van der Waals surface area contributed by atoms with Crippen molar-refractivity contribution in [2.24, 2.45) is 5.92 Å². The van der Waals surface area contributed by atoms with Crippen LogP contribution in [0.2, 0.25) is 0 Å². The van der Waals surface area contributed by atoms with Crippen LogP contribution in [0.5, 0.6) is 0 Å². The van der Waals surface area contributed by atoms with E-state index in [4.69, 9.17) is 4.74 Å². The molecule has 1 saturated carbocycles. The first-order valence-electron chi connectivity index (χ1n) is 7.40. The van der Waals surface area contributed by atoms with Crippen LogP contribution in [0.4, 0.5) is 0 Å². The van der Waals surface area contributed by atoms with Crippen molar-refractivity contribution in [1.82, 2.24) is 0 Å². The van der Waals surface area contributed by atoms with Crippen LogP contribution in [0.1, 0.15) is 63.0 Å². The van der Waals surface area contributed by atoms with E-state index < -0.39 is 0 Å². The summed E-state index contributed by atoms with van der Waals surface area (Å²) >= 11 is 0. The van der Waals surface area contributed by atoms with E-state index in [9.17, 15) is 4.79 Å². The summed E-state index contributed by atoms with van der Waals surface area (Å²) in [6.45, 7) is 6.51. The van der Waals surface area contributed by atoms with E-state index in [-0.39, 0.29) is 17.8 Å². The summed E-state index contributed by atoms with van der Waals surface area (Å²) in [4.78, 5) is 12.2. The Hall–Kier alpha value is -1.31. The first kappa shape index (κ1) is 14.1. The first-order chi connectivity index (χ1) is 9.15. The standard InChI is InChI=1S/C17H24O2/c1-4-19-17(18)16(12(2)3)15-11-6-5-10-14(15)13-8-7-9-13/h5-6,10-13,16H,4,7-9H2,1-3H3. The molecule has 104 valence electrons. The molecule has 1 unspecified atom stereocenters. The van der Waals surface area contributed by atoms with Crippen molar-refractivity contribution in [1.29, 1.82) is 0 Å². The number of rotatable bonds is 5. The molecule has 1 aromatic carbocycles. The molecule has 0 radical (unpaired) electrons. The predicted molar refractivity (Wildman–Crippen MR) is 77.2 cm³/mol. The molecule has 1 aliphatic carbocycles. The van der Waals surface area contributed by atoms with E-state index in [1.807, 2.05) is 13.0 Å². The van der Waals surface area contributed by atoms with Gasteiger partial charge in [0.15, 0.2) is 0 Å². The lowest BCUT2D eigenvalue weighted by Crippen LogP contribution is -2.23. The number of esters is 1. The molecule has 1 aliphatic rings. The van der Waals surface area contributed by atoms with Crippen molar-refractivity contribution in [3.63, 3.8) is 0 Å². The van der Waals surface area contributed by atoms with Gasteiger partial charge in [-0.15, -0.1) is 0 Å². The number of ether oxygens (including phenoxy) is 1. The number of carbonyl (C=O) groups excluding carboxylic acids is 1. The van der Waals surface area contributed by atoms with Gasteiger partial charge in [-0.3, -0.25) is 4.79 Å². The van der Waals surface area contributed by atoms with Gasteiger partial charge < -0.3 is 4.74 Å². The van der Waals surface area contributed by atoms with Crippen molar-refractivity contribution in [3.05, 3.63) is 35.4 Å². The zero-order valence-electron chi connectivity index (χ0n) is 12.2. The molecule has 0 N–H and O–H groups in total. The minimum Gasteiger partial charge on any atom is -0.466 e. The highest BCUT2D eigenvalue weighted by molar-refractivity contribution is 5.79. The van der Waals surface area contributed by atoms with Crippen molar-refractivity contribution >= 4 is 5.97 Å². The van der Waals surface area contributed by atoms with Crippen LogP contribution in [0.25, 0.3) is 0 Å². The second-order valence-corrected chi connectivity index (χ2v) is 5.73. The Morgan fingerprint density at radius 3 is 2.53 bits per heavy atom. The smallest absolute Gasteiger partial charge is 0.313 e. The molecule has 0 heterocycles. The first-order valence-corrected chi connectivity index (χ1v) is 7.40. The van der Waals surface area contributed by atoms with Crippen molar-refractivity contribution in [3.8, 4) is 0 Å².